The van der Waals surface area contributed by atoms with Crippen molar-refractivity contribution in [3.8, 4) is 0 Å². The lowest BCUT2D eigenvalue weighted by Gasteiger charge is -2.18. The summed E-state index contributed by atoms with van der Waals surface area (Å²) in [6.07, 6.45) is 3.21. The van der Waals surface area contributed by atoms with Gasteiger partial charge in [-0.15, -0.1) is 11.8 Å². The number of hydrogen-bond donors (Lipinski definition) is 1. The molecule has 0 bridgehead atoms. The van der Waals surface area contributed by atoms with Crippen LogP contribution in [-0.4, -0.2) is 24.9 Å². The second-order valence-electron chi connectivity index (χ2n) is 4.12. The number of hydrogen-bond acceptors (Lipinski definition) is 3. The first-order chi connectivity index (χ1) is 8.79. The van der Waals surface area contributed by atoms with Gasteiger partial charge < -0.3 is 10.1 Å². The molecule has 98 valence electrons. The van der Waals surface area contributed by atoms with Gasteiger partial charge >= 0.3 is 0 Å². The molecule has 1 N–H and O–H groups in total. The quantitative estimate of drug-likeness (QED) is 0.804. The molecule has 0 radical (unpaired) electrons. The molecule has 1 aliphatic heterocycles. The highest BCUT2D eigenvalue weighted by atomic mass is 35.5. The molecule has 0 saturated heterocycles. The summed E-state index contributed by atoms with van der Waals surface area (Å²) in [7, 11) is 0. The Balaban J connectivity index is 1.93. The Bertz CT molecular complexity index is 422. The van der Waals surface area contributed by atoms with Crippen molar-refractivity contribution in [3.63, 3.8) is 0 Å². The minimum atomic E-state index is 0.293. The average molecular weight is 284 g/mol. The fourth-order valence-electron chi connectivity index (χ4n) is 1.90. The van der Waals surface area contributed by atoms with Crippen LogP contribution in [0, 0.1) is 0 Å². The summed E-state index contributed by atoms with van der Waals surface area (Å²) < 4.78 is 5.64. The lowest BCUT2D eigenvalue weighted by Crippen LogP contribution is -2.33. The van der Waals surface area contributed by atoms with E-state index in [0.29, 0.717) is 6.04 Å². The number of halogens is 1. The van der Waals surface area contributed by atoms with E-state index in [1.165, 1.54) is 4.90 Å². The van der Waals surface area contributed by atoms with E-state index in [4.69, 9.17) is 16.3 Å². The predicted molar refractivity (Wildman–Crippen MR) is 78.3 cm³/mol. The van der Waals surface area contributed by atoms with Gasteiger partial charge in [0, 0.05) is 22.1 Å². The minimum absolute atomic E-state index is 0.293. The molecule has 4 heteroatoms. The maximum Gasteiger partial charge on any atom is 0.110 e. The van der Waals surface area contributed by atoms with Crippen molar-refractivity contribution in [1.82, 2.24) is 5.32 Å². The Kier molecular flexibility index (Phi) is 5.42. The third kappa shape index (κ3) is 3.94. The minimum Gasteiger partial charge on any atom is -0.496 e. The molecule has 2 nitrogen and oxygen atoms in total. The first kappa shape index (κ1) is 13.8. The van der Waals surface area contributed by atoms with Gasteiger partial charge in [-0.05, 0) is 30.8 Å². The molecule has 1 aromatic rings. The van der Waals surface area contributed by atoms with Gasteiger partial charge in [-0.2, -0.15) is 0 Å². The molecular formula is C14H18ClNOS. The summed E-state index contributed by atoms with van der Waals surface area (Å²) in [6, 6.07) is 8.26. The van der Waals surface area contributed by atoms with Crippen LogP contribution in [0.5, 0.6) is 0 Å². The van der Waals surface area contributed by atoms with E-state index in [0.717, 1.165) is 36.1 Å². The number of nitrogens with one attached hydrogen (secondary N) is 1. The summed E-state index contributed by atoms with van der Waals surface area (Å²) in [4.78, 5) is 1.20. The number of likely N-dealkylation sites (N-methyl/N-ethyl adjacent to an activating group) is 1. The van der Waals surface area contributed by atoms with Crippen LogP contribution in [0.25, 0.3) is 0 Å². The van der Waals surface area contributed by atoms with Crippen molar-refractivity contribution < 1.29 is 4.74 Å². The van der Waals surface area contributed by atoms with E-state index >= 15 is 0 Å². The Morgan fingerprint density at radius 3 is 3.06 bits per heavy atom. The summed E-state index contributed by atoms with van der Waals surface area (Å²) in [6.45, 7) is 3.88. The zero-order valence-corrected chi connectivity index (χ0v) is 12.1. The highest BCUT2D eigenvalue weighted by molar-refractivity contribution is 7.99. The molecule has 1 aromatic carbocycles. The van der Waals surface area contributed by atoms with Crippen LogP contribution in [0.4, 0.5) is 0 Å². The fourth-order valence-corrected chi connectivity index (χ4v) is 3.19. The van der Waals surface area contributed by atoms with Gasteiger partial charge in [-0.3, -0.25) is 0 Å². The maximum atomic E-state index is 5.98. The molecule has 1 unspecified atom stereocenters. The SMILES string of the molecule is CCNC(CSc1cccc(Cl)c1)C1=CCCO1. The number of benzene rings is 1. The lowest BCUT2D eigenvalue weighted by atomic mass is 10.2. The normalized spacial score (nSPS) is 16.2. The van der Waals surface area contributed by atoms with E-state index in [-0.39, 0.29) is 0 Å². The van der Waals surface area contributed by atoms with Crippen molar-refractivity contribution in [1.29, 1.82) is 0 Å². The molecule has 0 fully saturated rings. The van der Waals surface area contributed by atoms with Crippen LogP contribution in [0.15, 0.2) is 41.0 Å². The van der Waals surface area contributed by atoms with Gasteiger partial charge in [-0.1, -0.05) is 24.6 Å². The molecule has 2 rings (SSSR count). The van der Waals surface area contributed by atoms with Crippen molar-refractivity contribution >= 4 is 23.4 Å². The smallest absolute Gasteiger partial charge is 0.110 e. The van der Waals surface area contributed by atoms with Gasteiger partial charge in [-0.25, -0.2) is 0 Å². The standard InChI is InChI=1S/C14H18ClNOS/c1-2-16-13(14-7-4-8-17-14)10-18-12-6-3-5-11(15)9-12/h3,5-7,9,13,16H,2,4,8,10H2,1H3. The predicted octanol–water partition coefficient (Wildman–Crippen LogP) is 3.71. The summed E-state index contributed by atoms with van der Waals surface area (Å²) in [5, 5.41) is 4.25. The molecule has 0 saturated carbocycles. The Morgan fingerprint density at radius 2 is 2.39 bits per heavy atom. The van der Waals surface area contributed by atoms with Gasteiger partial charge in [0.05, 0.1) is 12.6 Å². The maximum absolute atomic E-state index is 5.98. The van der Waals surface area contributed by atoms with Crippen LogP contribution >= 0.6 is 23.4 Å². The highest BCUT2D eigenvalue weighted by Crippen LogP contribution is 2.25. The zero-order valence-electron chi connectivity index (χ0n) is 10.5. The van der Waals surface area contributed by atoms with Crippen LogP contribution in [-0.2, 0) is 4.74 Å². The van der Waals surface area contributed by atoms with Gasteiger partial charge in [0.2, 0.25) is 0 Å². The Labute approximate surface area is 118 Å². The third-order valence-electron chi connectivity index (χ3n) is 2.74. The van der Waals surface area contributed by atoms with Crippen molar-refractivity contribution in [2.75, 3.05) is 18.9 Å². The van der Waals surface area contributed by atoms with Crippen LogP contribution < -0.4 is 5.32 Å². The van der Waals surface area contributed by atoms with Crippen LogP contribution in [0.3, 0.4) is 0 Å². The second kappa shape index (κ2) is 7.07. The number of thioether (sulfide) groups is 1. The third-order valence-corrected chi connectivity index (χ3v) is 4.06. The van der Waals surface area contributed by atoms with Crippen molar-refractivity contribution in [2.45, 2.75) is 24.3 Å². The number of ether oxygens (including phenoxy) is 1. The largest absolute Gasteiger partial charge is 0.496 e. The van der Waals surface area contributed by atoms with E-state index in [1.54, 1.807) is 11.8 Å². The first-order valence-corrected chi connectivity index (χ1v) is 7.60. The van der Waals surface area contributed by atoms with Crippen molar-refractivity contribution in [2.24, 2.45) is 0 Å². The molecule has 1 aliphatic rings. The number of rotatable bonds is 6. The Hall–Kier alpha value is -0.640. The topological polar surface area (TPSA) is 21.3 Å². The summed E-state index contributed by atoms with van der Waals surface area (Å²) >= 11 is 7.79. The monoisotopic (exact) mass is 283 g/mol. The van der Waals surface area contributed by atoms with E-state index < -0.39 is 0 Å². The fraction of sp³-hybridized carbons (Fsp3) is 0.429. The molecule has 0 amide bonds. The van der Waals surface area contributed by atoms with E-state index in [9.17, 15) is 0 Å². The van der Waals surface area contributed by atoms with Gasteiger partial charge in [0.1, 0.15) is 5.76 Å². The first-order valence-electron chi connectivity index (χ1n) is 6.24. The zero-order chi connectivity index (χ0) is 12.8. The second-order valence-corrected chi connectivity index (χ2v) is 5.65. The molecule has 1 heterocycles. The molecule has 0 spiro atoms. The molecule has 0 aromatic heterocycles. The summed E-state index contributed by atoms with van der Waals surface area (Å²) in [5.41, 5.74) is 0. The van der Waals surface area contributed by atoms with Crippen LogP contribution in [0.1, 0.15) is 13.3 Å². The lowest BCUT2D eigenvalue weighted by molar-refractivity contribution is 0.220. The van der Waals surface area contributed by atoms with E-state index in [1.807, 2.05) is 18.2 Å². The molecular weight excluding hydrogens is 266 g/mol. The molecule has 1 atom stereocenters. The van der Waals surface area contributed by atoms with E-state index in [2.05, 4.69) is 24.4 Å². The van der Waals surface area contributed by atoms with Crippen molar-refractivity contribution in [3.05, 3.63) is 41.1 Å². The molecule has 18 heavy (non-hydrogen) atoms. The van der Waals surface area contributed by atoms with Crippen LogP contribution in [0.2, 0.25) is 5.02 Å². The molecule has 0 aliphatic carbocycles. The Morgan fingerprint density at radius 1 is 1.50 bits per heavy atom. The highest BCUT2D eigenvalue weighted by Gasteiger charge is 2.18. The average Bonchev–Trinajstić information content (AvgIpc) is 2.88. The van der Waals surface area contributed by atoms with Gasteiger partial charge in [0.15, 0.2) is 0 Å². The summed E-state index contributed by atoms with van der Waals surface area (Å²) in [5.74, 6) is 2.05. The van der Waals surface area contributed by atoms with Gasteiger partial charge in [0.25, 0.3) is 0 Å².